The molecule has 0 saturated carbocycles. The van der Waals surface area contributed by atoms with Crippen molar-refractivity contribution >= 4 is 28.9 Å². The summed E-state index contributed by atoms with van der Waals surface area (Å²) in [4.78, 5) is 44.0. The Morgan fingerprint density at radius 2 is 1.76 bits per heavy atom. The minimum Gasteiger partial charge on any atom is -0.339 e. The summed E-state index contributed by atoms with van der Waals surface area (Å²) in [7, 11) is 0. The smallest absolute Gasteiger partial charge is 0.339 e. The highest BCUT2D eigenvalue weighted by molar-refractivity contribution is 5.98. The molecule has 10 nitrogen and oxygen atoms in total. The minimum atomic E-state index is -4.43. The van der Waals surface area contributed by atoms with E-state index in [0.29, 0.717) is 24.1 Å². The summed E-state index contributed by atoms with van der Waals surface area (Å²) < 4.78 is 39.1. The van der Waals surface area contributed by atoms with E-state index in [1.54, 1.807) is 23.2 Å². The van der Waals surface area contributed by atoms with Crippen LogP contribution in [0.2, 0.25) is 0 Å². The highest BCUT2D eigenvalue weighted by Crippen LogP contribution is 2.39. The first-order valence-electron chi connectivity index (χ1n) is 11.8. The topological polar surface area (TPSA) is 104 Å². The number of likely N-dealkylation sites (tertiary alicyclic amines) is 1. The highest BCUT2D eigenvalue weighted by Gasteiger charge is 2.54. The quantitative estimate of drug-likeness (QED) is 0.496. The number of anilines is 1. The molecule has 1 spiro atoms. The van der Waals surface area contributed by atoms with E-state index in [1.165, 1.54) is 9.42 Å². The maximum absolute atomic E-state index is 13.6. The molecule has 194 valence electrons. The minimum absolute atomic E-state index is 0.0878. The van der Waals surface area contributed by atoms with E-state index in [1.807, 2.05) is 35.2 Å². The number of nitrogens with zero attached hydrogens (tertiary/aromatic N) is 7. The lowest BCUT2D eigenvalue weighted by atomic mass is 9.85. The number of fused-ring (bicyclic) bond motifs is 1. The number of benzene rings is 1. The van der Waals surface area contributed by atoms with Gasteiger partial charge in [-0.3, -0.25) is 14.4 Å². The van der Waals surface area contributed by atoms with Gasteiger partial charge in [0.25, 0.3) is 5.91 Å². The van der Waals surface area contributed by atoms with Crippen LogP contribution in [0.5, 0.6) is 0 Å². The second-order valence-corrected chi connectivity index (χ2v) is 9.29. The maximum Gasteiger partial charge on any atom is 0.389 e. The third-order valence-electron chi connectivity index (χ3n) is 6.95. The van der Waals surface area contributed by atoms with Crippen LogP contribution in [0.1, 0.15) is 36.0 Å². The van der Waals surface area contributed by atoms with Gasteiger partial charge in [-0.05, 0) is 47.5 Å². The van der Waals surface area contributed by atoms with E-state index in [0.717, 1.165) is 5.69 Å². The number of aromatic nitrogens is 4. The van der Waals surface area contributed by atoms with Gasteiger partial charge < -0.3 is 14.7 Å². The van der Waals surface area contributed by atoms with Gasteiger partial charge in [-0.15, -0.1) is 5.10 Å². The molecule has 0 N–H and O–H groups in total. The number of hydrogen-bond acceptors (Lipinski definition) is 7. The van der Waals surface area contributed by atoms with Gasteiger partial charge in [0.2, 0.25) is 5.91 Å². The lowest BCUT2D eigenvalue weighted by Gasteiger charge is -2.43. The monoisotopic (exact) mass is 515 g/mol. The summed E-state index contributed by atoms with van der Waals surface area (Å²) in [5.41, 5.74) is 0.687. The van der Waals surface area contributed by atoms with Crippen molar-refractivity contribution in [1.82, 2.24) is 29.8 Å². The Hall–Kier alpha value is -4.03. The van der Waals surface area contributed by atoms with Crippen LogP contribution in [-0.2, 0) is 9.59 Å². The largest absolute Gasteiger partial charge is 0.389 e. The van der Waals surface area contributed by atoms with Crippen molar-refractivity contribution in [3.8, 4) is 0 Å². The molecule has 2 fully saturated rings. The van der Waals surface area contributed by atoms with Crippen LogP contribution in [0.25, 0.3) is 5.65 Å². The number of rotatable bonds is 6. The second-order valence-electron chi connectivity index (χ2n) is 9.29. The first-order valence-corrected chi connectivity index (χ1v) is 11.8. The van der Waals surface area contributed by atoms with E-state index < -0.39 is 30.3 Å². The number of para-hydroxylation sites is 1. The van der Waals surface area contributed by atoms with Crippen LogP contribution in [0.3, 0.4) is 0 Å². The lowest BCUT2D eigenvalue weighted by molar-refractivity contribution is -0.145. The zero-order chi connectivity index (χ0) is 26.2. The van der Waals surface area contributed by atoms with Crippen LogP contribution in [0.15, 0.2) is 48.7 Å². The molecule has 3 aromatic rings. The number of Topliss-reactive ketones (excluding diaryl/α,β-unsaturated/α-hetero) is 1. The number of pyridine rings is 1. The summed E-state index contributed by atoms with van der Waals surface area (Å²) in [6, 6.07) is 12.5. The van der Waals surface area contributed by atoms with Crippen LogP contribution in [-0.4, -0.2) is 85.5 Å². The predicted octanol–water partition coefficient (Wildman–Crippen LogP) is 2.32. The molecular formula is C24H24F3N7O3. The normalized spacial score (nSPS) is 17.7. The van der Waals surface area contributed by atoms with Crippen molar-refractivity contribution in [2.24, 2.45) is 0 Å². The molecule has 0 radical (unpaired) electrons. The van der Waals surface area contributed by atoms with E-state index in [-0.39, 0.29) is 38.1 Å². The number of ketones is 1. The molecule has 0 aliphatic carbocycles. The van der Waals surface area contributed by atoms with Gasteiger partial charge in [0.15, 0.2) is 11.4 Å². The number of alkyl halides is 3. The number of amides is 2. The van der Waals surface area contributed by atoms with Crippen molar-refractivity contribution < 1.29 is 27.6 Å². The Kier molecular flexibility index (Phi) is 6.30. The Balaban J connectivity index is 1.33. The van der Waals surface area contributed by atoms with E-state index in [2.05, 4.69) is 15.5 Å². The van der Waals surface area contributed by atoms with Gasteiger partial charge >= 0.3 is 6.18 Å². The molecule has 37 heavy (non-hydrogen) atoms. The van der Waals surface area contributed by atoms with Gasteiger partial charge in [-0.25, -0.2) is 0 Å². The van der Waals surface area contributed by atoms with Crippen LogP contribution >= 0.6 is 0 Å². The Morgan fingerprint density at radius 3 is 2.46 bits per heavy atom. The molecule has 2 amide bonds. The Bertz CT molecular complexity index is 1320. The molecule has 2 aromatic heterocycles. The van der Waals surface area contributed by atoms with Crippen LogP contribution in [0.4, 0.5) is 18.9 Å². The van der Waals surface area contributed by atoms with Crippen LogP contribution in [0, 0.1) is 0 Å². The number of carbonyl (C=O) groups is 3. The molecule has 4 heterocycles. The molecular weight excluding hydrogens is 491 g/mol. The van der Waals surface area contributed by atoms with Gasteiger partial charge in [-0.2, -0.15) is 17.7 Å². The fourth-order valence-corrected chi connectivity index (χ4v) is 5.03. The van der Waals surface area contributed by atoms with Crippen molar-refractivity contribution in [3.63, 3.8) is 0 Å². The highest BCUT2D eigenvalue weighted by atomic mass is 19.4. The number of piperidine rings is 1. The Labute approximate surface area is 209 Å². The average Bonchev–Trinajstić information content (AvgIpc) is 3.46. The summed E-state index contributed by atoms with van der Waals surface area (Å²) in [6.07, 6.45) is -4.14. The third kappa shape index (κ3) is 4.85. The molecule has 2 aliphatic rings. The molecule has 2 aliphatic heterocycles. The predicted molar refractivity (Wildman–Crippen MR) is 124 cm³/mol. The SMILES string of the molecule is O=C(CCC(F)(F)F)CN1CN(c2ccccc2)C2(CCN(C(=O)c3ccc4nnnn4c3)CC2)C1=O. The molecule has 0 bridgehead atoms. The van der Waals surface area contributed by atoms with E-state index >= 15 is 0 Å². The summed E-state index contributed by atoms with van der Waals surface area (Å²) in [5, 5.41) is 11.2. The zero-order valence-corrected chi connectivity index (χ0v) is 19.8. The van der Waals surface area contributed by atoms with E-state index in [4.69, 9.17) is 0 Å². The molecule has 13 heteroatoms. The van der Waals surface area contributed by atoms with Crippen molar-refractivity contribution in [2.45, 2.75) is 37.4 Å². The number of tetrazole rings is 1. The summed E-state index contributed by atoms with van der Waals surface area (Å²) in [6.45, 7) is 0.286. The lowest BCUT2D eigenvalue weighted by Crippen LogP contribution is -2.57. The first-order chi connectivity index (χ1) is 17.7. The standard InChI is InChI=1S/C24H24F3N7O3/c25-24(26,27)9-8-19(35)15-32-16-33(18-4-2-1-3-5-18)23(22(32)37)10-12-31(13-11-23)21(36)17-6-7-20-28-29-30-34(20)14-17/h1-7,14H,8-13,15-16H2. The molecule has 0 unspecified atom stereocenters. The average molecular weight is 515 g/mol. The molecule has 2 saturated heterocycles. The number of hydrogen-bond donors (Lipinski definition) is 0. The van der Waals surface area contributed by atoms with Gasteiger partial charge in [-0.1, -0.05) is 18.2 Å². The summed E-state index contributed by atoms with van der Waals surface area (Å²) in [5.74, 6) is -1.16. The van der Waals surface area contributed by atoms with Gasteiger partial charge in [0.1, 0.15) is 5.54 Å². The molecule has 5 rings (SSSR count). The fraction of sp³-hybridized carbons (Fsp3) is 0.417. The second kappa shape index (κ2) is 9.45. The summed E-state index contributed by atoms with van der Waals surface area (Å²) >= 11 is 0. The van der Waals surface area contributed by atoms with Crippen molar-refractivity contribution in [2.75, 3.05) is 31.2 Å². The third-order valence-corrected chi connectivity index (χ3v) is 6.95. The maximum atomic E-state index is 13.6. The van der Waals surface area contributed by atoms with Crippen molar-refractivity contribution in [3.05, 3.63) is 54.2 Å². The first kappa shape index (κ1) is 24.7. The van der Waals surface area contributed by atoms with Crippen LogP contribution < -0.4 is 4.90 Å². The fourth-order valence-electron chi connectivity index (χ4n) is 5.03. The Morgan fingerprint density at radius 1 is 1.03 bits per heavy atom. The van der Waals surface area contributed by atoms with E-state index in [9.17, 15) is 27.6 Å². The number of carbonyl (C=O) groups excluding carboxylic acids is 3. The molecule has 0 atom stereocenters. The number of halogens is 3. The molecule has 1 aromatic carbocycles. The van der Waals surface area contributed by atoms with Gasteiger partial charge in [0, 0.05) is 31.4 Å². The van der Waals surface area contributed by atoms with Gasteiger partial charge in [0.05, 0.1) is 25.2 Å². The van der Waals surface area contributed by atoms with Crippen molar-refractivity contribution in [1.29, 1.82) is 0 Å². The zero-order valence-electron chi connectivity index (χ0n) is 19.8.